The van der Waals surface area contributed by atoms with Crippen LogP contribution in [-0.4, -0.2) is 38.5 Å². The van der Waals surface area contributed by atoms with Gasteiger partial charge in [0.1, 0.15) is 6.04 Å². The summed E-state index contributed by atoms with van der Waals surface area (Å²) in [5, 5.41) is 11.7. The Morgan fingerprint density at radius 3 is 2.80 bits per heavy atom. The highest BCUT2D eigenvalue weighted by atomic mass is 35.5. The van der Waals surface area contributed by atoms with Crippen LogP contribution in [0.1, 0.15) is 13.8 Å². The second kappa shape index (κ2) is 6.92. The molecule has 1 aromatic heterocycles. The van der Waals surface area contributed by atoms with Crippen molar-refractivity contribution >= 4 is 40.9 Å². The molecule has 1 amide bonds. The molecule has 0 aliphatic heterocycles. The molecule has 0 bridgehead atoms. The number of carboxylic acids is 1. The fraction of sp³-hybridized carbons (Fsp3) is 0.417. The van der Waals surface area contributed by atoms with E-state index in [4.69, 9.17) is 22.4 Å². The van der Waals surface area contributed by atoms with Crippen LogP contribution in [-0.2, 0) is 9.59 Å². The summed E-state index contributed by atoms with van der Waals surface area (Å²) in [7, 11) is 0. The third-order valence-corrected chi connectivity index (χ3v) is 4.33. The van der Waals surface area contributed by atoms with Crippen molar-refractivity contribution in [2.45, 2.75) is 24.6 Å². The number of carbonyl (C=O) groups is 2. The monoisotopic (exact) mass is 317 g/mol. The highest BCUT2D eigenvalue weighted by Gasteiger charge is 2.33. The zero-order chi connectivity index (χ0) is 15.3. The minimum absolute atomic E-state index is 0.0687. The van der Waals surface area contributed by atoms with Gasteiger partial charge < -0.3 is 16.2 Å². The summed E-state index contributed by atoms with van der Waals surface area (Å²) >= 11 is 6.99. The number of pyridine rings is 1. The number of thioether (sulfide) groups is 1. The molecule has 0 aromatic carbocycles. The van der Waals surface area contributed by atoms with Crippen LogP contribution in [0.15, 0.2) is 18.3 Å². The van der Waals surface area contributed by atoms with Gasteiger partial charge in [-0.2, -0.15) is 0 Å². The van der Waals surface area contributed by atoms with Crippen LogP contribution in [0.2, 0.25) is 5.15 Å². The number of carboxylic acid groups (broad SMARTS) is 1. The van der Waals surface area contributed by atoms with Gasteiger partial charge in [-0.15, -0.1) is 11.8 Å². The van der Waals surface area contributed by atoms with E-state index in [9.17, 15) is 9.59 Å². The zero-order valence-electron chi connectivity index (χ0n) is 11.1. The topological polar surface area (TPSA) is 105 Å². The van der Waals surface area contributed by atoms with Crippen molar-refractivity contribution in [2.24, 2.45) is 5.73 Å². The summed E-state index contributed by atoms with van der Waals surface area (Å²) < 4.78 is -0.762. The van der Waals surface area contributed by atoms with Crippen molar-refractivity contribution in [3.63, 3.8) is 0 Å². The Labute approximate surface area is 126 Å². The van der Waals surface area contributed by atoms with Gasteiger partial charge in [-0.1, -0.05) is 11.6 Å². The van der Waals surface area contributed by atoms with E-state index in [0.29, 0.717) is 5.69 Å². The second-order valence-corrected chi connectivity index (χ2v) is 6.59. The maximum absolute atomic E-state index is 11.8. The lowest BCUT2D eigenvalue weighted by molar-refractivity contribution is -0.139. The third kappa shape index (κ3) is 4.66. The molecule has 20 heavy (non-hydrogen) atoms. The number of anilines is 1. The Balaban J connectivity index is 2.56. The summed E-state index contributed by atoms with van der Waals surface area (Å²) in [6.07, 6.45) is 1.52. The SMILES string of the molecule is CC(C)(SCC(=O)Nc1cccnc1Cl)[C@H](N)C(=O)O. The molecule has 0 saturated heterocycles. The minimum Gasteiger partial charge on any atom is -0.480 e. The molecule has 1 atom stereocenters. The van der Waals surface area contributed by atoms with Crippen LogP contribution in [0.25, 0.3) is 0 Å². The molecule has 4 N–H and O–H groups in total. The summed E-state index contributed by atoms with van der Waals surface area (Å²) in [6.45, 7) is 3.36. The number of hydrogen-bond acceptors (Lipinski definition) is 5. The number of halogens is 1. The summed E-state index contributed by atoms with van der Waals surface area (Å²) in [5.41, 5.74) is 5.99. The Morgan fingerprint density at radius 1 is 1.60 bits per heavy atom. The van der Waals surface area contributed by atoms with Crippen LogP contribution in [0.5, 0.6) is 0 Å². The van der Waals surface area contributed by atoms with Gasteiger partial charge in [0.05, 0.1) is 11.4 Å². The van der Waals surface area contributed by atoms with Gasteiger partial charge in [-0.3, -0.25) is 9.59 Å². The molecule has 110 valence electrons. The highest BCUT2D eigenvalue weighted by Crippen LogP contribution is 2.27. The number of amides is 1. The van der Waals surface area contributed by atoms with Crippen LogP contribution in [0, 0.1) is 0 Å². The van der Waals surface area contributed by atoms with Crippen molar-refractivity contribution in [2.75, 3.05) is 11.1 Å². The van der Waals surface area contributed by atoms with E-state index in [2.05, 4.69) is 10.3 Å². The molecular formula is C12H16ClN3O3S. The quantitative estimate of drug-likeness (QED) is 0.688. The first-order valence-electron chi connectivity index (χ1n) is 5.77. The molecule has 8 heteroatoms. The average molecular weight is 318 g/mol. The maximum Gasteiger partial charge on any atom is 0.321 e. The van der Waals surface area contributed by atoms with Gasteiger partial charge in [-0.25, -0.2) is 4.98 Å². The van der Waals surface area contributed by atoms with Crippen molar-refractivity contribution < 1.29 is 14.7 Å². The highest BCUT2D eigenvalue weighted by molar-refractivity contribution is 8.01. The normalized spacial score (nSPS) is 12.8. The van der Waals surface area contributed by atoms with Crippen molar-refractivity contribution in [3.8, 4) is 0 Å². The molecule has 1 rings (SSSR count). The zero-order valence-corrected chi connectivity index (χ0v) is 12.7. The van der Waals surface area contributed by atoms with Gasteiger partial charge >= 0.3 is 5.97 Å². The molecular weight excluding hydrogens is 302 g/mol. The molecule has 0 radical (unpaired) electrons. The number of nitrogens with zero attached hydrogens (tertiary/aromatic N) is 1. The van der Waals surface area contributed by atoms with E-state index < -0.39 is 16.8 Å². The number of aliphatic carboxylic acids is 1. The van der Waals surface area contributed by atoms with Crippen molar-refractivity contribution in [1.29, 1.82) is 0 Å². The Kier molecular flexibility index (Phi) is 5.79. The summed E-state index contributed by atoms with van der Waals surface area (Å²) in [4.78, 5) is 26.5. The lowest BCUT2D eigenvalue weighted by Crippen LogP contribution is -2.47. The third-order valence-electron chi connectivity index (χ3n) is 2.62. The Hall–Kier alpha value is -1.31. The molecule has 0 saturated carbocycles. The van der Waals surface area contributed by atoms with E-state index >= 15 is 0 Å². The minimum atomic E-state index is -1.10. The number of aromatic nitrogens is 1. The first-order chi connectivity index (χ1) is 9.24. The van der Waals surface area contributed by atoms with E-state index in [1.54, 1.807) is 26.0 Å². The number of nitrogens with one attached hydrogen (secondary N) is 1. The van der Waals surface area contributed by atoms with Gasteiger partial charge in [-0.05, 0) is 26.0 Å². The molecule has 6 nitrogen and oxygen atoms in total. The van der Waals surface area contributed by atoms with Gasteiger partial charge in [0.2, 0.25) is 5.91 Å². The number of carbonyl (C=O) groups excluding carboxylic acids is 1. The fourth-order valence-electron chi connectivity index (χ4n) is 1.30. The van der Waals surface area contributed by atoms with Crippen molar-refractivity contribution in [1.82, 2.24) is 4.98 Å². The van der Waals surface area contributed by atoms with E-state index in [1.807, 2.05) is 0 Å². The lowest BCUT2D eigenvalue weighted by Gasteiger charge is -2.27. The van der Waals surface area contributed by atoms with E-state index in [0.717, 1.165) is 0 Å². The predicted octanol–water partition coefficient (Wildman–Crippen LogP) is 1.60. The Bertz CT molecular complexity index is 510. The van der Waals surface area contributed by atoms with Crippen molar-refractivity contribution in [3.05, 3.63) is 23.5 Å². The largest absolute Gasteiger partial charge is 0.480 e. The first kappa shape index (κ1) is 16.7. The maximum atomic E-state index is 11.8. The number of rotatable bonds is 6. The second-order valence-electron chi connectivity index (χ2n) is 4.60. The summed E-state index contributed by atoms with van der Waals surface area (Å²) in [5.74, 6) is -1.33. The molecule has 0 fully saturated rings. The molecule has 0 spiro atoms. The summed E-state index contributed by atoms with van der Waals surface area (Å²) in [6, 6.07) is 2.23. The first-order valence-corrected chi connectivity index (χ1v) is 7.13. The van der Waals surface area contributed by atoms with E-state index in [1.165, 1.54) is 18.0 Å². The fourth-order valence-corrected chi connectivity index (χ4v) is 2.33. The van der Waals surface area contributed by atoms with Gasteiger partial charge in [0.15, 0.2) is 5.15 Å². The molecule has 0 aliphatic carbocycles. The lowest BCUT2D eigenvalue weighted by atomic mass is 10.1. The standard InChI is InChI=1S/C12H16ClN3O3S/c1-12(2,9(14)11(18)19)20-6-8(17)16-7-4-3-5-15-10(7)13/h3-5,9H,6,14H2,1-2H3,(H,16,17)(H,18,19)/t9-/m1/s1. The van der Waals surface area contributed by atoms with E-state index in [-0.39, 0.29) is 16.8 Å². The average Bonchev–Trinajstić information content (AvgIpc) is 2.38. The van der Waals surface area contributed by atoms with Crippen LogP contribution < -0.4 is 11.1 Å². The smallest absolute Gasteiger partial charge is 0.321 e. The van der Waals surface area contributed by atoms with Crippen LogP contribution in [0.3, 0.4) is 0 Å². The number of nitrogens with two attached hydrogens (primary N) is 1. The van der Waals surface area contributed by atoms with Gasteiger partial charge in [0, 0.05) is 10.9 Å². The molecule has 1 heterocycles. The predicted molar refractivity (Wildman–Crippen MR) is 80.0 cm³/mol. The van der Waals surface area contributed by atoms with Crippen LogP contribution >= 0.6 is 23.4 Å². The molecule has 0 unspecified atom stereocenters. The van der Waals surface area contributed by atoms with Gasteiger partial charge in [0.25, 0.3) is 0 Å². The molecule has 0 aliphatic rings. The molecule has 1 aromatic rings. The van der Waals surface area contributed by atoms with Crippen LogP contribution in [0.4, 0.5) is 5.69 Å². The Morgan fingerprint density at radius 2 is 2.25 bits per heavy atom. The number of hydrogen-bond donors (Lipinski definition) is 3.